The Hall–Kier alpha value is -0.130. The van der Waals surface area contributed by atoms with Crippen LogP contribution in [0, 0.1) is 0 Å². The minimum Gasteiger partial charge on any atom is -0.348 e. The Morgan fingerprint density at radius 1 is 1.46 bits per heavy atom. The molecule has 0 fully saturated rings. The van der Waals surface area contributed by atoms with E-state index < -0.39 is 5.79 Å². The molecule has 0 aliphatic heterocycles. The van der Waals surface area contributed by atoms with Crippen LogP contribution in [-0.4, -0.2) is 20.8 Å². The molecule has 1 aromatic heterocycles. The Kier molecular flexibility index (Phi) is 3.70. The van der Waals surface area contributed by atoms with Crippen molar-refractivity contribution in [1.29, 1.82) is 0 Å². The van der Waals surface area contributed by atoms with Crippen LogP contribution in [-0.2, 0) is 15.3 Å². The van der Waals surface area contributed by atoms with Gasteiger partial charge in [0.2, 0.25) is 5.79 Å². The lowest BCUT2D eigenvalue weighted by molar-refractivity contribution is -0.205. The highest BCUT2D eigenvalue weighted by Crippen LogP contribution is 2.33. The first-order valence-corrected chi connectivity index (χ1v) is 4.94. The maximum atomic E-state index is 5.80. The fraction of sp³-hybridized carbons (Fsp3) is 0.500. The summed E-state index contributed by atoms with van der Waals surface area (Å²) in [6, 6.07) is 3.65. The highest BCUT2D eigenvalue weighted by Gasteiger charge is 2.31. The topological polar surface area (TPSA) is 44.5 Å². The molecule has 2 N–H and O–H groups in total. The molecule has 0 unspecified atom stereocenters. The number of halogens is 1. The number of hydrogen-bond donors (Lipinski definition) is 1. The molecule has 5 heteroatoms. The summed E-state index contributed by atoms with van der Waals surface area (Å²) in [7, 11) is 3.12. The lowest BCUT2D eigenvalue weighted by Gasteiger charge is -2.27. The summed E-state index contributed by atoms with van der Waals surface area (Å²) in [6.07, 6.45) is 0. The molecular formula is C8H12ClNO2S. The van der Waals surface area contributed by atoms with Crippen molar-refractivity contribution in [3.05, 3.63) is 21.3 Å². The zero-order chi connectivity index (χ0) is 9.90. The first kappa shape index (κ1) is 10.9. The summed E-state index contributed by atoms with van der Waals surface area (Å²) in [4.78, 5) is 0.880. The van der Waals surface area contributed by atoms with Gasteiger partial charge >= 0.3 is 0 Å². The summed E-state index contributed by atoms with van der Waals surface area (Å²) in [5.74, 6) is -0.849. The normalized spacial score (nSPS) is 12.0. The molecule has 0 spiro atoms. The number of thiophene rings is 1. The predicted molar refractivity (Wildman–Crippen MR) is 54.1 cm³/mol. The highest BCUT2D eigenvalue weighted by molar-refractivity contribution is 7.16. The van der Waals surface area contributed by atoms with Crippen molar-refractivity contribution in [3.63, 3.8) is 0 Å². The second kappa shape index (κ2) is 4.39. The van der Waals surface area contributed by atoms with Crippen LogP contribution in [0.1, 0.15) is 4.88 Å². The van der Waals surface area contributed by atoms with E-state index in [1.165, 1.54) is 11.3 Å². The molecule has 0 saturated heterocycles. The smallest absolute Gasteiger partial charge is 0.216 e. The van der Waals surface area contributed by atoms with E-state index in [2.05, 4.69) is 0 Å². The predicted octanol–water partition coefficient (Wildman–Crippen LogP) is 1.81. The first-order chi connectivity index (χ1) is 6.18. The van der Waals surface area contributed by atoms with Gasteiger partial charge in [0.25, 0.3) is 0 Å². The van der Waals surface area contributed by atoms with E-state index in [1.807, 2.05) is 6.07 Å². The number of methoxy groups -OCH3 is 2. The van der Waals surface area contributed by atoms with E-state index in [0.29, 0.717) is 4.34 Å². The molecule has 1 rings (SSSR count). The second-order valence-electron chi connectivity index (χ2n) is 2.47. The monoisotopic (exact) mass is 221 g/mol. The number of nitrogens with two attached hydrogens (primary N) is 1. The largest absolute Gasteiger partial charge is 0.348 e. The highest BCUT2D eigenvalue weighted by atomic mass is 35.5. The molecule has 0 aliphatic carbocycles. The van der Waals surface area contributed by atoms with Gasteiger partial charge in [-0.1, -0.05) is 11.6 Å². The van der Waals surface area contributed by atoms with Crippen LogP contribution < -0.4 is 5.73 Å². The van der Waals surface area contributed by atoms with Gasteiger partial charge in [0.1, 0.15) is 0 Å². The SMILES string of the molecule is COC(CN)(OC)c1ccc(Cl)s1. The molecule has 0 saturated carbocycles. The van der Waals surface area contributed by atoms with Crippen LogP contribution in [0.4, 0.5) is 0 Å². The Morgan fingerprint density at radius 3 is 2.38 bits per heavy atom. The van der Waals surface area contributed by atoms with Crippen LogP contribution in [0.2, 0.25) is 4.34 Å². The van der Waals surface area contributed by atoms with E-state index in [-0.39, 0.29) is 6.54 Å². The zero-order valence-corrected chi connectivity index (χ0v) is 9.11. The average molecular weight is 222 g/mol. The molecule has 3 nitrogen and oxygen atoms in total. The van der Waals surface area contributed by atoms with Gasteiger partial charge in [-0.15, -0.1) is 11.3 Å². The van der Waals surface area contributed by atoms with Crippen LogP contribution in [0.25, 0.3) is 0 Å². The van der Waals surface area contributed by atoms with Crippen molar-refractivity contribution >= 4 is 22.9 Å². The van der Waals surface area contributed by atoms with Crippen molar-refractivity contribution in [2.75, 3.05) is 20.8 Å². The van der Waals surface area contributed by atoms with Crippen LogP contribution in [0.15, 0.2) is 12.1 Å². The third kappa shape index (κ3) is 2.03. The van der Waals surface area contributed by atoms with Gasteiger partial charge in [-0.2, -0.15) is 0 Å². The van der Waals surface area contributed by atoms with Gasteiger partial charge in [0, 0.05) is 14.2 Å². The summed E-state index contributed by atoms with van der Waals surface area (Å²) < 4.78 is 11.2. The molecule has 0 aliphatic rings. The molecular weight excluding hydrogens is 210 g/mol. The second-order valence-corrected chi connectivity index (χ2v) is 4.18. The summed E-state index contributed by atoms with van der Waals surface area (Å²) in [6.45, 7) is 0.261. The molecule has 0 bridgehead atoms. The van der Waals surface area contributed by atoms with E-state index in [0.717, 1.165) is 4.88 Å². The van der Waals surface area contributed by atoms with E-state index in [1.54, 1.807) is 20.3 Å². The number of hydrogen-bond acceptors (Lipinski definition) is 4. The van der Waals surface area contributed by atoms with Gasteiger partial charge in [0.05, 0.1) is 15.8 Å². The van der Waals surface area contributed by atoms with Gasteiger partial charge in [-0.25, -0.2) is 0 Å². The Balaban J connectivity index is 3.00. The minimum absolute atomic E-state index is 0.261. The van der Waals surface area contributed by atoms with Crippen molar-refractivity contribution < 1.29 is 9.47 Å². The number of ether oxygens (including phenoxy) is 2. The Bertz CT molecular complexity index is 265. The van der Waals surface area contributed by atoms with Gasteiger partial charge < -0.3 is 15.2 Å². The lowest BCUT2D eigenvalue weighted by atomic mass is 10.2. The molecule has 74 valence electrons. The molecule has 0 aromatic carbocycles. The minimum atomic E-state index is -0.849. The molecule has 0 radical (unpaired) electrons. The maximum absolute atomic E-state index is 5.80. The average Bonchev–Trinajstić information content (AvgIpc) is 2.57. The lowest BCUT2D eigenvalue weighted by Crippen LogP contribution is -2.38. The molecule has 0 amide bonds. The number of rotatable bonds is 4. The van der Waals surface area contributed by atoms with Gasteiger partial charge in [0.15, 0.2) is 0 Å². The third-order valence-corrected chi connectivity index (χ3v) is 3.23. The maximum Gasteiger partial charge on any atom is 0.216 e. The van der Waals surface area contributed by atoms with Crippen molar-refractivity contribution in [2.24, 2.45) is 5.73 Å². The quantitative estimate of drug-likeness (QED) is 0.789. The molecule has 1 aromatic rings. The van der Waals surface area contributed by atoms with Crippen LogP contribution in [0.5, 0.6) is 0 Å². The zero-order valence-electron chi connectivity index (χ0n) is 7.54. The van der Waals surface area contributed by atoms with Crippen molar-refractivity contribution in [3.8, 4) is 0 Å². The Labute approximate surface area is 86.4 Å². The van der Waals surface area contributed by atoms with Crippen molar-refractivity contribution in [1.82, 2.24) is 0 Å². The Morgan fingerprint density at radius 2 is 2.08 bits per heavy atom. The van der Waals surface area contributed by atoms with Crippen LogP contribution >= 0.6 is 22.9 Å². The molecule has 0 atom stereocenters. The van der Waals surface area contributed by atoms with E-state index in [4.69, 9.17) is 26.8 Å². The summed E-state index contributed by atoms with van der Waals surface area (Å²) in [5, 5.41) is 0. The van der Waals surface area contributed by atoms with E-state index in [9.17, 15) is 0 Å². The molecule has 1 heterocycles. The summed E-state index contributed by atoms with van der Waals surface area (Å²) >= 11 is 7.21. The van der Waals surface area contributed by atoms with Gasteiger partial charge in [-0.05, 0) is 12.1 Å². The molecule has 13 heavy (non-hydrogen) atoms. The first-order valence-electron chi connectivity index (χ1n) is 3.74. The van der Waals surface area contributed by atoms with Gasteiger partial charge in [-0.3, -0.25) is 0 Å². The van der Waals surface area contributed by atoms with E-state index >= 15 is 0 Å². The van der Waals surface area contributed by atoms with Crippen molar-refractivity contribution in [2.45, 2.75) is 5.79 Å². The summed E-state index contributed by atoms with van der Waals surface area (Å²) in [5.41, 5.74) is 5.58. The fourth-order valence-corrected chi connectivity index (χ4v) is 2.27. The third-order valence-electron chi connectivity index (χ3n) is 1.88. The fourth-order valence-electron chi connectivity index (χ4n) is 1.07. The standard InChI is InChI=1S/C8H12ClNO2S/c1-11-8(5-10,12-2)6-3-4-7(9)13-6/h3-4H,5,10H2,1-2H3. The van der Waals surface area contributed by atoms with Crippen LogP contribution in [0.3, 0.4) is 0 Å².